The number of hydrogen-bond acceptors (Lipinski definition) is 5. The molecule has 0 bridgehead atoms. The summed E-state index contributed by atoms with van der Waals surface area (Å²) in [7, 11) is 0. The zero-order valence-corrected chi connectivity index (χ0v) is 20.2. The van der Waals surface area contributed by atoms with Crippen molar-refractivity contribution in [3.05, 3.63) is 46.8 Å². The number of fused-ring (bicyclic) bond motifs is 2. The molecule has 1 aromatic rings. The molecule has 0 aromatic heterocycles. The minimum absolute atomic E-state index is 0.0965. The van der Waals surface area contributed by atoms with Crippen LogP contribution in [-0.4, -0.2) is 58.6 Å². The van der Waals surface area contributed by atoms with Crippen molar-refractivity contribution in [2.75, 3.05) is 13.1 Å². The highest BCUT2D eigenvalue weighted by molar-refractivity contribution is 5.96. The van der Waals surface area contributed by atoms with Gasteiger partial charge < -0.3 is 26.4 Å². The lowest BCUT2D eigenvalue weighted by atomic mass is 9.84. The Balaban J connectivity index is 1.61. The summed E-state index contributed by atoms with van der Waals surface area (Å²) in [5.74, 6) is 1.51. The summed E-state index contributed by atoms with van der Waals surface area (Å²) in [6, 6.07) is 5.42. The van der Waals surface area contributed by atoms with Gasteiger partial charge in [-0.15, -0.1) is 0 Å². The molecule has 1 aromatic carbocycles. The van der Waals surface area contributed by atoms with Crippen LogP contribution in [0.15, 0.2) is 35.1 Å². The number of hydrogen-bond donors (Lipinski definition) is 4. The second-order valence-electron chi connectivity index (χ2n) is 9.78. The molecular weight excluding hydrogens is 414 g/mol. The molecule has 0 spiro atoms. The van der Waals surface area contributed by atoms with Crippen LogP contribution in [0.25, 0.3) is 0 Å². The summed E-state index contributed by atoms with van der Waals surface area (Å²) >= 11 is 0. The number of benzene rings is 1. The summed E-state index contributed by atoms with van der Waals surface area (Å²) in [4.78, 5) is 20.4. The van der Waals surface area contributed by atoms with E-state index in [1.807, 2.05) is 19.1 Å². The highest BCUT2D eigenvalue weighted by atomic mass is 16.3. The van der Waals surface area contributed by atoms with Gasteiger partial charge in [-0.2, -0.15) is 0 Å². The Hall–Kier alpha value is -2.54. The maximum Gasteiger partial charge on any atom is 0.251 e. The fourth-order valence-electron chi connectivity index (χ4n) is 5.74. The van der Waals surface area contributed by atoms with Gasteiger partial charge in [0, 0.05) is 25.1 Å². The van der Waals surface area contributed by atoms with E-state index in [-0.39, 0.29) is 11.9 Å². The summed E-state index contributed by atoms with van der Waals surface area (Å²) < 4.78 is 0. The standard InChI is InChI=1S/C26H39N5O2/c1-4-9-22(27)30-21-15-28-23(10-5-2)31-16-20(24(32)26(21,31)3)29-25(33)19-14-8-12-17-11-6-7-13-18(17)19/h8,10,12,14,20-21,24,28,32H,4-7,9,11,13,15-16H2,1-3H3,(H2,27,30)(H,29,33)/b23-10-. The first-order valence-corrected chi connectivity index (χ1v) is 12.5. The van der Waals surface area contributed by atoms with Gasteiger partial charge in [-0.05, 0) is 68.7 Å². The van der Waals surface area contributed by atoms with Crippen LogP contribution in [0.1, 0.15) is 74.4 Å². The van der Waals surface area contributed by atoms with E-state index < -0.39 is 17.7 Å². The molecule has 4 unspecified atom stereocenters. The van der Waals surface area contributed by atoms with E-state index in [0.29, 0.717) is 18.9 Å². The first-order chi connectivity index (χ1) is 15.9. The van der Waals surface area contributed by atoms with Crippen molar-refractivity contribution in [2.45, 2.75) is 89.4 Å². The second kappa shape index (κ2) is 9.75. The number of aliphatic imine (C=N–C) groups is 1. The van der Waals surface area contributed by atoms with E-state index in [0.717, 1.165) is 49.9 Å². The zero-order valence-electron chi connectivity index (χ0n) is 20.2. The molecule has 1 aliphatic carbocycles. The normalized spacial score (nSPS) is 30.5. The largest absolute Gasteiger partial charge is 0.388 e. The molecule has 0 radical (unpaired) electrons. The fourth-order valence-corrected chi connectivity index (χ4v) is 5.74. The lowest BCUT2D eigenvalue weighted by Crippen LogP contribution is -2.64. The smallest absolute Gasteiger partial charge is 0.251 e. The predicted molar refractivity (Wildman–Crippen MR) is 132 cm³/mol. The van der Waals surface area contributed by atoms with Gasteiger partial charge in [0.15, 0.2) is 0 Å². The van der Waals surface area contributed by atoms with E-state index in [4.69, 9.17) is 10.7 Å². The number of carbonyl (C=O) groups is 1. The van der Waals surface area contributed by atoms with Crippen molar-refractivity contribution in [1.29, 1.82) is 0 Å². The second-order valence-corrected chi connectivity index (χ2v) is 9.78. The first-order valence-electron chi connectivity index (χ1n) is 12.5. The molecule has 2 saturated heterocycles. The number of nitrogens with two attached hydrogens (primary N) is 1. The molecule has 33 heavy (non-hydrogen) atoms. The van der Waals surface area contributed by atoms with E-state index in [9.17, 15) is 9.90 Å². The average molecular weight is 454 g/mol. The van der Waals surface area contributed by atoms with Crippen molar-refractivity contribution in [3.8, 4) is 0 Å². The van der Waals surface area contributed by atoms with Gasteiger partial charge in [0.05, 0.1) is 29.3 Å². The van der Waals surface area contributed by atoms with Crippen LogP contribution in [-0.2, 0) is 12.8 Å². The molecule has 7 heteroatoms. The number of amidine groups is 1. The Morgan fingerprint density at radius 2 is 2.15 bits per heavy atom. The lowest BCUT2D eigenvalue weighted by Gasteiger charge is -2.48. The molecule has 7 nitrogen and oxygen atoms in total. The van der Waals surface area contributed by atoms with Crippen molar-refractivity contribution in [1.82, 2.24) is 15.5 Å². The Morgan fingerprint density at radius 3 is 2.91 bits per heavy atom. The van der Waals surface area contributed by atoms with Gasteiger partial charge in [0.25, 0.3) is 5.91 Å². The quantitative estimate of drug-likeness (QED) is 0.391. The average Bonchev–Trinajstić information content (AvgIpc) is 3.07. The molecule has 1 amide bonds. The Morgan fingerprint density at radius 1 is 1.36 bits per heavy atom. The van der Waals surface area contributed by atoms with E-state index in [2.05, 4.69) is 41.5 Å². The van der Waals surface area contributed by atoms with E-state index >= 15 is 0 Å². The number of aliphatic hydroxyl groups is 1. The maximum atomic E-state index is 13.4. The Kier molecular flexibility index (Phi) is 6.98. The molecule has 4 rings (SSSR count). The number of nitrogens with one attached hydrogen (secondary N) is 2. The lowest BCUT2D eigenvalue weighted by molar-refractivity contribution is 0.0142. The molecule has 2 aliphatic heterocycles. The van der Waals surface area contributed by atoms with Gasteiger partial charge >= 0.3 is 0 Å². The molecule has 2 heterocycles. The van der Waals surface area contributed by atoms with Gasteiger partial charge in [0.2, 0.25) is 0 Å². The summed E-state index contributed by atoms with van der Waals surface area (Å²) in [5, 5.41) is 18.2. The van der Waals surface area contributed by atoms with E-state index in [1.54, 1.807) is 0 Å². The summed E-state index contributed by atoms with van der Waals surface area (Å²) in [5.41, 5.74) is 8.73. The highest BCUT2D eigenvalue weighted by Gasteiger charge is 2.57. The van der Waals surface area contributed by atoms with E-state index in [1.165, 1.54) is 17.5 Å². The molecule has 0 saturated carbocycles. The number of allylic oxidation sites excluding steroid dienone is 1. The number of aryl methyl sites for hydroxylation is 1. The Bertz CT molecular complexity index is 943. The van der Waals surface area contributed by atoms with Gasteiger partial charge in [-0.3, -0.25) is 9.79 Å². The van der Waals surface area contributed by atoms with Gasteiger partial charge in [-0.1, -0.05) is 26.0 Å². The third kappa shape index (κ3) is 4.35. The number of carbonyl (C=O) groups excluding carboxylic acids is 1. The number of rotatable bonds is 6. The minimum atomic E-state index is -0.772. The van der Waals surface area contributed by atoms with Crippen LogP contribution in [0.2, 0.25) is 0 Å². The number of aliphatic hydroxyl groups excluding tert-OH is 1. The van der Waals surface area contributed by atoms with Crippen molar-refractivity contribution >= 4 is 11.7 Å². The minimum Gasteiger partial charge on any atom is -0.388 e. The van der Waals surface area contributed by atoms with Crippen LogP contribution in [0.3, 0.4) is 0 Å². The highest BCUT2D eigenvalue weighted by Crippen LogP contribution is 2.39. The third-order valence-corrected chi connectivity index (χ3v) is 7.57. The van der Waals surface area contributed by atoms with Crippen molar-refractivity contribution < 1.29 is 9.90 Å². The van der Waals surface area contributed by atoms with Crippen LogP contribution in [0, 0.1) is 0 Å². The molecular formula is C26H39N5O2. The molecule has 2 fully saturated rings. The van der Waals surface area contributed by atoms with Crippen molar-refractivity contribution in [2.24, 2.45) is 10.7 Å². The maximum absolute atomic E-state index is 13.4. The van der Waals surface area contributed by atoms with Gasteiger partial charge in [-0.25, -0.2) is 0 Å². The van der Waals surface area contributed by atoms with Crippen LogP contribution in [0.5, 0.6) is 0 Å². The zero-order chi connectivity index (χ0) is 23.6. The third-order valence-electron chi connectivity index (χ3n) is 7.57. The van der Waals surface area contributed by atoms with Crippen LogP contribution in [0.4, 0.5) is 0 Å². The summed E-state index contributed by atoms with van der Waals surface area (Å²) in [6.45, 7) is 7.35. The van der Waals surface area contributed by atoms with Crippen LogP contribution >= 0.6 is 0 Å². The van der Waals surface area contributed by atoms with Crippen LogP contribution < -0.4 is 16.4 Å². The fraction of sp³-hybridized carbons (Fsp3) is 0.615. The molecule has 180 valence electrons. The van der Waals surface area contributed by atoms with Gasteiger partial charge in [0.1, 0.15) is 6.10 Å². The first kappa shape index (κ1) is 23.6. The monoisotopic (exact) mass is 453 g/mol. The summed E-state index contributed by atoms with van der Waals surface area (Å²) in [6.07, 6.45) is 8.18. The number of nitrogens with zero attached hydrogens (tertiary/aromatic N) is 2. The molecule has 4 atom stereocenters. The van der Waals surface area contributed by atoms with Crippen molar-refractivity contribution in [3.63, 3.8) is 0 Å². The predicted octanol–water partition coefficient (Wildman–Crippen LogP) is 2.48. The Labute approximate surface area is 197 Å². The molecule has 3 aliphatic rings. The SMILES string of the molecule is CC/C=C1/NCC(N=C(N)CCC)C2(C)C(O)C(NC(=O)c3cccc4c3CCCC4)CN12. The molecule has 5 N–H and O–H groups in total. The topological polar surface area (TPSA) is 103 Å². The number of amides is 1.